The van der Waals surface area contributed by atoms with Gasteiger partial charge in [0.2, 0.25) is 0 Å². The molecule has 1 heterocycles. The number of rotatable bonds is 8. The number of thioether (sulfide) groups is 1. The van der Waals surface area contributed by atoms with Crippen LogP contribution in [0.15, 0.2) is 4.99 Å². The smallest absolute Gasteiger partial charge is 0.156 e. The molecule has 1 unspecified atom stereocenters. The Morgan fingerprint density at radius 3 is 2.89 bits per heavy atom. The monoisotopic (exact) mass is 271 g/mol. The van der Waals surface area contributed by atoms with Crippen molar-refractivity contribution in [3.63, 3.8) is 0 Å². The van der Waals surface area contributed by atoms with E-state index in [-0.39, 0.29) is 0 Å². The van der Waals surface area contributed by atoms with Crippen molar-refractivity contribution in [2.45, 2.75) is 57.7 Å². The second-order valence-corrected chi connectivity index (χ2v) is 6.67. The Balaban J connectivity index is 1.99. The van der Waals surface area contributed by atoms with Crippen molar-refractivity contribution in [3.8, 4) is 0 Å². The van der Waals surface area contributed by atoms with Crippen LogP contribution in [0.3, 0.4) is 0 Å². The van der Waals surface area contributed by atoms with Gasteiger partial charge in [-0.2, -0.15) is 0 Å². The minimum Gasteiger partial charge on any atom is -0.365 e. The highest BCUT2D eigenvalue weighted by molar-refractivity contribution is 8.14. The van der Waals surface area contributed by atoms with Gasteiger partial charge in [-0.3, -0.25) is 4.99 Å². The fourth-order valence-electron chi connectivity index (χ4n) is 1.93. The lowest BCUT2D eigenvalue weighted by Crippen LogP contribution is -2.28. The molecular weight excluding hydrogens is 242 g/mol. The minimum absolute atomic E-state index is 0.655. The first-order valence-electron chi connectivity index (χ1n) is 7.28. The standard InChI is InChI=1S/C14H29N3S/c1-5-8-13-11-16-14(18-13)15-9-6-7-10-17(4)12(2)3/h12-13H,5-11H2,1-4H3,(H,15,16). The molecule has 3 nitrogen and oxygen atoms in total. The van der Waals surface area contributed by atoms with E-state index in [1.54, 1.807) is 0 Å². The molecule has 1 rings (SSSR count). The second-order valence-electron chi connectivity index (χ2n) is 5.38. The number of hydrogen-bond acceptors (Lipinski definition) is 4. The number of nitrogens with zero attached hydrogens (tertiary/aromatic N) is 2. The van der Waals surface area contributed by atoms with E-state index in [1.807, 2.05) is 11.8 Å². The first kappa shape index (κ1) is 15.8. The van der Waals surface area contributed by atoms with Crippen molar-refractivity contribution in [2.24, 2.45) is 4.99 Å². The molecule has 0 aromatic heterocycles. The lowest BCUT2D eigenvalue weighted by molar-refractivity contribution is 0.268. The Hall–Kier alpha value is -0.220. The Kier molecular flexibility index (Phi) is 7.75. The van der Waals surface area contributed by atoms with Gasteiger partial charge in [-0.25, -0.2) is 0 Å². The molecule has 0 saturated carbocycles. The summed E-state index contributed by atoms with van der Waals surface area (Å²) >= 11 is 1.93. The van der Waals surface area contributed by atoms with Crippen LogP contribution in [0.25, 0.3) is 0 Å². The topological polar surface area (TPSA) is 27.6 Å². The first-order valence-corrected chi connectivity index (χ1v) is 8.16. The van der Waals surface area contributed by atoms with Gasteiger partial charge in [0.05, 0.1) is 6.54 Å². The second kappa shape index (κ2) is 8.81. The zero-order chi connectivity index (χ0) is 13.4. The molecule has 1 N–H and O–H groups in total. The summed E-state index contributed by atoms with van der Waals surface area (Å²) in [6, 6.07) is 0.655. The van der Waals surface area contributed by atoms with E-state index < -0.39 is 0 Å². The minimum atomic E-state index is 0.655. The van der Waals surface area contributed by atoms with Crippen molar-refractivity contribution >= 4 is 16.9 Å². The molecule has 18 heavy (non-hydrogen) atoms. The van der Waals surface area contributed by atoms with Crippen molar-refractivity contribution in [1.82, 2.24) is 10.2 Å². The SMILES string of the molecule is CCCC1CN=C(NCCCCN(C)C(C)C)S1. The zero-order valence-corrected chi connectivity index (χ0v) is 13.2. The molecule has 0 saturated heterocycles. The van der Waals surface area contributed by atoms with Crippen LogP contribution in [0.5, 0.6) is 0 Å². The summed E-state index contributed by atoms with van der Waals surface area (Å²) in [5.41, 5.74) is 0. The van der Waals surface area contributed by atoms with Gasteiger partial charge in [-0.15, -0.1) is 0 Å². The number of amidine groups is 1. The fraction of sp³-hybridized carbons (Fsp3) is 0.929. The van der Waals surface area contributed by atoms with Crippen LogP contribution in [-0.2, 0) is 0 Å². The van der Waals surface area contributed by atoms with Crippen LogP contribution in [-0.4, -0.2) is 48.0 Å². The van der Waals surface area contributed by atoms with Crippen LogP contribution in [0.1, 0.15) is 46.5 Å². The van der Waals surface area contributed by atoms with E-state index in [4.69, 9.17) is 0 Å². The molecule has 0 fully saturated rings. The van der Waals surface area contributed by atoms with Crippen LogP contribution in [0, 0.1) is 0 Å². The van der Waals surface area contributed by atoms with Gasteiger partial charge in [0, 0.05) is 17.8 Å². The van der Waals surface area contributed by atoms with Gasteiger partial charge in [0.1, 0.15) is 0 Å². The van der Waals surface area contributed by atoms with Gasteiger partial charge < -0.3 is 10.2 Å². The molecule has 0 spiro atoms. The van der Waals surface area contributed by atoms with Gasteiger partial charge in [-0.05, 0) is 46.7 Å². The average molecular weight is 271 g/mol. The highest BCUT2D eigenvalue weighted by atomic mass is 32.2. The molecule has 4 heteroatoms. The Bertz CT molecular complexity index is 253. The maximum absolute atomic E-state index is 4.55. The normalized spacial score (nSPS) is 19.7. The summed E-state index contributed by atoms with van der Waals surface area (Å²) < 4.78 is 0. The molecule has 0 aromatic carbocycles. The number of hydrogen-bond donors (Lipinski definition) is 1. The summed E-state index contributed by atoms with van der Waals surface area (Å²) in [6.07, 6.45) is 5.05. The molecule has 0 aromatic rings. The van der Waals surface area contributed by atoms with Crippen molar-refractivity contribution in [2.75, 3.05) is 26.7 Å². The lowest BCUT2D eigenvalue weighted by Gasteiger charge is -2.20. The van der Waals surface area contributed by atoms with Crippen LogP contribution in [0.2, 0.25) is 0 Å². The van der Waals surface area contributed by atoms with E-state index in [1.165, 1.54) is 37.4 Å². The molecule has 0 bridgehead atoms. The predicted molar refractivity (Wildman–Crippen MR) is 83.6 cm³/mol. The molecule has 1 atom stereocenters. The van der Waals surface area contributed by atoms with Crippen molar-refractivity contribution in [1.29, 1.82) is 0 Å². The van der Waals surface area contributed by atoms with Gasteiger partial charge in [-0.1, -0.05) is 25.1 Å². The van der Waals surface area contributed by atoms with Gasteiger partial charge >= 0.3 is 0 Å². The van der Waals surface area contributed by atoms with Gasteiger partial charge in [0.15, 0.2) is 5.17 Å². The Morgan fingerprint density at radius 1 is 1.44 bits per heavy atom. The summed E-state index contributed by atoms with van der Waals surface area (Å²) in [5, 5.41) is 5.37. The van der Waals surface area contributed by atoms with E-state index in [0.717, 1.165) is 18.3 Å². The van der Waals surface area contributed by atoms with E-state index >= 15 is 0 Å². The molecule has 0 amide bonds. The third-order valence-electron chi connectivity index (χ3n) is 3.42. The predicted octanol–water partition coefficient (Wildman–Crippen LogP) is 2.97. The van der Waals surface area contributed by atoms with E-state index in [0.29, 0.717) is 6.04 Å². The zero-order valence-electron chi connectivity index (χ0n) is 12.4. The first-order chi connectivity index (χ1) is 8.63. The van der Waals surface area contributed by atoms with Crippen molar-refractivity contribution in [3.05, 3.63) is 0 Å². The highest BCUT2D eigenvalue weighted by Gasteiger charge is 2.17. The molecule has 106 valence electrons. The molecule has 0 radical (unpaired) electrons. The summed E-state index contributed by atoms with van der Waals surface area (Å²) in [7, 11) is 2.20. The molecule has 1 aliphatic rings. The molecule has 0 aliphatic carbocycles. The average Bonchev–Trinajstić information content (AvgIpc) is 2.76. The van der Waals surface area contributed by atoms with Crippen LogP contribution >= 0.6 is 11.8 Å². The Labute approximate surface area is 117 Å². The third kappa shape index (κ3) is 6.10. The maximum atomic E-state index is 4.55. The number of nitrogens with one attached hydrogen (secondary N) is 1. The van der Waals surface area contributed by atoms with E-state index in [2.05, 4.69) is 43.0 Å². The third-order valence-corrected chi connectivity index (χ3v) is 4.64. The van der Waals surface area contributed by atoms with E-state index in [9.17, 15) is 0 Å². The lowest BCUT2D eigenvalue weighted by atomic mass is 10.2. The number of aliphatic imine (C=N–C) groups is 1. The fourth-order valence-corrected chi connectivity index (χ4v) is 3.08. The maximum Gasteiger partial charge on any atom is 0.156 e. The number of unbranched alkanes of at least 4 members (excludes halogenated alkanes) is 1. The quantitative estimate of drug-likeness (QED) is 0.688. The van der Waals surface area contributed by atoms with Gasteiger partial charge in [0.25, 0.3) is 0 Å². The van der Waals surface area contributed by atoms with Crippen LogP contribution < -0.4 is 5.32 Å². The van der Waals surface area contributed by atoms with Crippen LogP contribution in [0.4, 0.5) is 0 Å². The summed E-state index contributed by atoms with van der Waals surface area (Å²) in [6.45, 7) is 10.0. The molecular formula is C14H29N3S. The molecule has 1 aliphatic heterocycles. The Morgan fingerprint density at radius 2 is 2.22 bits per heavy atom. The summed E-state index contributed by atoms with van der Waals surface area (Å²) in [4.78, 5) is 6.96. The summed E-state index contributed by atoms with van der Waals surface area (Å²) in [5.74, 6) is 0. The largest absolute Gasteiger partial charge is 0.365 e. The highest BCUT2D eigenvalue weighted by Crippen LogP contribution is 2.23. The van der Waals surface area contributed by atoms with Crippen molar-refractivity contribution < 1.29 is 0 Å².